The molecule has 0 rings (SSSR count). The minimum Gasteiger partial charge on any atom is -0.462 e. The maximum absolute atomic E-state index is 12.7. The predicted molar refractivity (Wildman–Crippen MR) is 220 cm³/mol. The fraction of sp³-hybridized carbons (Fsp3) is 0.935. The van der Waals surface area contributed by atoms with Crippen molar-refractivity contribution >= 4 is 17.9 Å². The van der Waals surface area contributed by atoms with Crippen LogP contribution in [-0.4, -0.2) is 37.2 Å². The van der Waals surface area contributed by atoms with Crippen LogP contribution in [0.25, 0.3) is 0 Å². The first-order chi connectivity index (χ1) is 25.5. The molecule has 0 spiro atoms. The molecule has 0 N–H and O–H groups in total. The van der Waals surface area contributed by atoms with E-state index in [1.54, 1.807) is 0 Å². The van der Waals surface area contributed by atoms with Crippen LogP contribution in [0.15, 0.2) is 0 Å². The first-order valence-corrected chi connectivity index (χ1v) is 23.0. The predicted octanol–water partition coefficient (Wildman–Crippen LogP) is 14.5. The number of carbonyl (C=O) groups is 3. The molecule has 0 fully saturated rings. The number of ether oxygens (including phenoxy) is 3. The molecule has 0 saturated carbocycles. The van der Waals surface area contributed by atoms with Crippen molar-refractivity contribution in [1.82, 2.24) is 0 Å². The van der Waals surface area contributed by atoms with Gasteiger partial charge in [0, 0.05) is 19.3 Å². The van der Waals surface area contributed by atoms with Crippen LogP contribution < -0.4 is 0 Å². The number of unbranched alkanes of at least 4 members (excludes halogenated alkanes) is 31. The second-order valence-electron chi connectivity index (χ2n) is 15.7. The molecule has 0 aliphatic heterocycles. The highest BCUT2D eigenvalue weighted by Gasteiger charge is 2.19. The van der Waals surface area contributed by atoms with E-state index in [2.05, 4.69) is 20.8 Å². The Hall–Kier alpha value is -1.59. The van der Waals surface area contributed by atoms with Gasteiger partial charge >= 0.3 is 17.9 Å². The molecule has 1 atom stereocenters. The summed E-state index contributed by atoms with van der Waals surface area (Å²) in [6.07, 6.45) is 42.5. The van der Waals surface area contributed by atoms with Crippen LogP contribution in [0.4, 0.5) is 0 Å². The average molecular weight is 737 g/mol. The number of rotatable bonds is 42. The van der Waals surface area contributed by atoms with Crippen LogP contribution in [0.3, 0.4) is 0 Å². The highest BCUT2D eigenvalue weighted by atomic mass is 16.6. The molecular formula is C46H88O6. The van der Waals surface area contributed by atoms with E-state index in [1.165, 1.54) is 154 Å². The van der Waals surface area contributed by atoms with Crippen LogP contribution in [0.5, 0.6) is 0 Å². The van der Waals surface area contributed by atoms with Crippen LogP contribution in [0, 0.1) is 0 Å². The van der Waals surface area contributed by atoms with Gasteiger partial charge in [0.25, 0.3) is 0 Å². The van der Waals surface area contributed by atoms with Crippen molar-refractivity contribution in [2.75, 3.05) is 13.2 Å². The Morgan fingerprint density at radius 2 is 0.519 bits per heavy atom. The summed E-state index contributed by atoms with van der Waals surface area (Å²) in [5.74, 6) is -0.864. The molecule has 0 amide bonds. The lowest BCUT2D eigenvalue weighted by molar-refractivity contribution is -0.167. The van der Waals surface area contributed by atoms with Gasteiger partial charge in [0.05, 0.1) is 0 Å². The first kappa shape index (κ1) is 50.4. The summed E-state index contributed by atoms with van der Waals surface area (Å²) in [6.45, 7) is 6.58. The lowest BCUT2D eigenvalue weighted by atomic mass is 10.0. The monoisotopic (exact) mass is 737 g/mol. The molecule has 0 aliphatic carbocycles. The number of carbonyl (C=O) groups excluding carboxylic acids is 3. The van der Waals surface area contributed by atoms with Crippen LogP contribution in [0.1, 0.15) is 258 Å². The Morgan fingerprint density at radius 3 is 0.769 bits per heavy atom. The van der Waals surface area contributed by atoms with Gasteiger partial charge in [0.15, 0.2) is 6.10 Å². The van der Waals surface area contributed by atoms with Crippen LogP contribution in [-0.2, 0) is 28.6 Å². The standard InChI is InChI=1S/C46H88O6/c1-4-7-10-13-15-17-19-21-23-25-27-29-31-34-37-40-46(49)52-43(41-50-44(47)38-35-32-12-9-6-3)42-51-45(48)39-36-33-30-28-26-24-22-20-18-16-14-11-8-5-2/h43H,4-42H2,1-3H3/t43-/m1/s1. The van der Waals surface area contributed by atoms with Gasteiger partial charge in [-0.1, -0.05) is 220 Å². The van der Waals surface area contributed by atoms with E-state index in [-0.39, 0.29) is 31.1 Å². The molecule has 0 radical (unpaired) electrons. The van der Waals surface area contributed by atoms with Crippen molar-refractivity contribution in [3.8, 4) is 0 Å². The second-order valence-corrected chi connectivity index (χ2v) is 15.7. The van der Waals surface area contributed by atoms with Gasteiger partial charge < -0.3 is 14.2 Å². The minimum absolute atomic E-state index is 0.0637. The zero-order valence-corrected chi connectivity index (χ0v) is 35.1. The molecule has 0 bridgehead atoms. The molecule has 6 nitrogen and oxygen atoms in total. The molecule has 52 heavy (non-hydrogen) atoms. The van der Waals surface area contributed by atoms with E-state index in [1.807, 2.05) is 0 Å². The summed E-state index contributed by atoms with van der Waals surface area (Å²) >= 11 is 0. The molecule has 6 heteroatoms. The molecule has 0 aromatic rings. The van der Waals surface area contributed by atoms with E-state index in [4.69, 9.17) is 14.2 Å². The Bertz CT molecular complexity index is 768. The van der Waals surface area contributed by atoms with Crippen molar-refractivity contribution in [3.63, 3.8) is 0 Å². The van der Waals surface area contributed by atoms with Gasteiger partial charge in [-0.05, 0) is 19.3 Å². The third-order valence-corrected chi connectivity index (χ3v) is 10.4. The Labute approximate surface area is 323 Å². The van der Waals surface area contributed by atoms with E-state index >= 15 is 0 Å². The summed E-state index contributed by atoms with van der Waals surface area (Å²) in [7, 11) is 0. The lowest BCUT2D eigenvalue weighted by Crippen LogP contribution is -2.30. The zero-order valence-electron chi connectivity index (χ0n) is 35.1. The van der Waals surface area contributed by atoms with Gasteiger partial charge in [-0.3, -0.25) is 14.4 Å². The zero-order chi connectivity index (χ0) is 38.0. The Morgan fingerprint density at radius 1 is 0.308 bits per heavy atom. The Balaban J connectivity index is 4.17. The fourth-order valence-electron chi connectivity index (χ4n) is 6.85. The second kappa shape index (κ2) is 42.2. The Kier molecular flexibility index (Phi) is 40.9. The SMILES string of the molecule is CCCCCCCCCCCCCCCCCC(=O)O[C@H](COC(=O)CCCCCCC)COC(=O)CCCCCCCCCCCCCCCC. The van der Waals surface area contributed by atoms with Crippen LogP contribution >= 0.6 is 0 Å². The molecule has 0 aliphatic rings. The number of hydrogen-bond donors (Lipinski definition) is 0. The average Bonchev–Trinajstić information content (AvgIpc) is 3.14. The van der Waals surface area contributed by atoms with Gasteiger partial charge in [-0.25, -0.2) is 0 Å². The minimum atomic E-state index is -0.756. The summed E-state index contributed by atoms with van der Waals surface area (Å²) in [6, 6.07) is 0. The molecule has 0 heterocycles. The highest BCUT2D eigenvalue weighted by Crippen LogP contribution is 2.16. The number of hydrogen-bond acceptors (Lipinski definition) is 6. The maximum Gasteiger partial charge on any atom is 0.306 e. The van der Waals surface area contributed by atoms with Crippen molar-refractivity contribution in [1.29, 1.82) is 0 Å². The summed E-state index contributed by atoms with van der Waals surface area (Å²) in [5, 5.41) is 0. The molecule has 0 unspecified atom stereocenters. The lowest BCUT2D eigenvalue weighted by Gasteiger charge is -2.18. The van der Waals surface area contributed by atoms with Gasteiger partial charge in [-0.2, -0.15) is 0 Å². The van der Waals surface area contributed by atoms with Gasteiger partial charge in [-0.15, -0.1) is 0 Å². The molecule has 308 valence electrons. The normalized spacial score (nSPS) is 11.8. The fourth-order valence-corrected chi connectivity index (χ4v) is 6.85. The largest absolute Gasteiger partial charge is 0.462 e. The van der Waals surface area contributed by atoms with E-state index in [0.29, 0.717) is 19.3 Å². The van der Waals surface area contributed by atoms with Crippen LogP contribution in [0.2, 0.25) is 0 Å². The maximum atomic E-state index is 12.7. The van der Waals surface area contributed by atoms with Crippen molar-refractivity contribution in [3.05, 3.63) is 0 Å². The van der Waals surface area contributed by atoms with Crippen molar-refractivity contribution in [2.45, 2.75) is 264 Å². The molecule has 0 saturated heterocycles. The summed E-state index contributed by atoms with van der Waals surface area (Å²) in [4.78, 5) is 37.5. The third kappa shape index (κ3) is 39.6. The van der Waals surface area contributed by atoms with Crippen molar-refractivity contribution in [2.24, 2.45) is 0 Å². The van der Waals surface area contributed by atoms with E-state index in [9.17, 15) is 14.4 Å². The van der Waals surface area contributed by atoms with Gasteiger partial charge in [0.2, 0.25) is 0 Å². The number of esters is 3. The summed E-state index contributed by atoms with van der Waals surface area (Å²) in [5.41, 5.74) is 0. The highest BCUT2D eigenvalue weighted by molar-refractivity contribution is 5.71. The van der Waals surface area contributed by atoms with Gasteiger partial charge in [0.1, 0.15) is 13.2 Å². The van der Waals surface area contributed by atoms with E-state index in [0.717, 1.165) is 64.2 Å². The summed E-state index contributed by atoms with van der Waals surface area (Å²) < 4.78 is 16.6. The molecule has 0 aromatic heterocycles. The topological polar surface area (TPSA) is 78.9 Å². The third-order valence-electron chi connectivity index (χ3n) is 10.4. The van der Waals surface area contributed by atoms with Crippen molar-refractivity contribution < 1.29 is 28.6 Å². The quantitative estimate of drug-likeness (QED) is 0.0353. The molecule has 0 aromatic carbocycles. The smallest absolute Gasteiger partial charge is 0.306 e. The molecular weight excluding hydrogens is 648 g/mol. The first-order valence-electron chi connectivity index (χ1n) is 23.0. The van der Waals surface area contributed by atoms with E-state index < -0.39 is 6.10 Å².